The molecule has 0 bridgehead atoms. The lowest BCUT2D eigenvalue weighted by atomic mass is 9.95. The molecule has 2 unspecified atom stereocenters. The van der Waals surface area contributed by atoms with Crippen LogP contribution in [0, 0.1) is 5.92 Å². The maximum absolute atomic E-state index is 12.2. The third-order valence-corrected chi connectivity index (χ3v) is 4.39. The standard InChI is InChI=1S/C17H35FN4O3/c1-13(22-25)17(3,4)21-10-7-15(6-9-20-14(2)23)5-8-19-12-16(24)11-18/h15-16,19,21,24-25H,5-12H2,1-4H3,(H,20,23)/b22-13-/i18-1. The average molecular weight is 361 g/mol. The van der Waals surface area contributed by atoms with Gasteiger partial charge in [0.15, 0.2) is 0 Å². The monoisotopic (exact) mass is 361 g/mol. The fraction of sp³-hybridized carbons (Fsp3) is 0.882. The van der Waals surface area contributed by atoms with Gasteiger partial charge >= 0.3 is 0 Å². The minimum atomic E-state index is -0.957. The number of halogens is 1. The van der Waals surface area contributed by atoms with Crippen molar-refractivity contribution in [3.63, 3.8) is 0 Å². The molecule has 0 aromatic carbocycles. The van der Waals surface area contributed by atoms with Gasteiger partial charge in [0, 0.05) is 20.0 Å². The van der Waals surface area contributed by atoms with Crippen LogP contribution in [0.1, 0.15) is 47.0 Å². The topological polar surface area (TPSA) is 106 Å². The highest BCUT2D eigenvalue weighted by Gasteiger charge is 2.21. The molecule has 0 saturated heterocycles. The van der Waals surface area contributed by atoms with Gasteiger partial charge in [0.25, 0.3) is 0 Å². The summed E-state index contributed by atoms with van der Waals surface area (Å²) in [5, 5.41) is 30.6. The van der Waals surface area contributed by atoms with Gasteiger partial charge < -0.3 is 26.3 Å². The lowest BCUT2D eigenvalue weighted by Gasteiger charge is -2.27. The van der Waals surface area contributed by atoms with Crippen LogP contribution in [0.3, 0.4) is 0 Å². The van der Waals surface area contributed by atoms with E-state index in [9.17, 15) is 14.3 Å². The van der Waals surface area contributed by atoms with Crippen molar-refractivity contribution in [2.75, 3.05) is 32.9 Å². The largest absolute Gasteiger partial charge is 0.411 e. The Labute approximate surface area is 150 Å². The molecule has 0 fully saturated rings. The molecule has 2 atom stereocenters. The molecule has 0 saturated carbocycles. The fourth-order valence-corrected chi connectivity index (χ4v) is 2.36. The summed E-state index contributed by atoms with van der Waals surface area (Å²) in [6.07, 6.45) is 1.66. The van der Waals surface area contributed by atoms with Crippen LogP contribution in [0.4, 0.5) is 4.39 Å². The molecule has 0 spiro atoms. The number of oxime groups is 1. The number of carbonyl (C=O) groups excluding carboxylic acids is 1. The molecule has 0 radical (unpaired) electrons. The Hall–Kier alpha value is -1.25. The van der Waals surface area contributed by atoms with Crippen LogP contribution in [-0.4, -0.2) is 66.4 Å². The van der Waals surface area contributed by atoms with E-state index in [-0.39, 0.29) is 18.0 Å². The first-order valence-corrected chi connectivity index (χ1v) is 8.86. The van der Waals surface area contributed by atoms with Gasteiger partial charge in [-0.3, -0.25) is 4.79 Å². The molecule has 5 N–H and O–H groups in total. The molecule has 0 aliphatic heterocycles. The van der Waals surface area contributed by atoms with Gasteiger partial charge in [0.05, 0.1) is 17.4 Å². The van der Waals surface area contributed by atoms with E-state index in [1.165, 1.54) is 6.92 Å². The lowest BCUT2D eigenvalue weighted by molar-refractivity contribution is -0.119. The highest BCUT2D eigenvalue weighted by molar-refractivity contribution is 5.90. The summed E-state index contributed by atoms with van der Waals surface area (Å²) >= 11 is 0. The van der Waals surface area contributed by atoms with Crippen molar-refractivity contribution in [2.24, 2.45) is 11.1 Å². The van der Waals surface area contributed by atoms with E-state index < -0.39 is 12.8 Å². The first kappa shape index (κ1) is 23.8. The van der Waals surface area contributed by atoms with Crippen molar-refractivity contribution in [3.05, 3.63) is 0 Å². The van der Waals surface area contributed by atoms with Gasteiger partial charge in [0.1, 0.15) is 6.67 Å². The van der Waals surface area contributed by atoms with Gasteiger partial charge in [-0.25, -0.2) is 4.39 Å². The van der Waals surface area contributed by atoms with E-state index in [4.69, 9.17) is 5.21 Å². The number of aliphatic hydroxyl groups is 1. The van der Waals surface area contributed by atoms with Crippen LogP contribution in [-0.2, 0) is 4.79 Å². The van der Waals surface area contributed by atoms with Crippen LogP contribution in [0.2, 0.25) is 0 Å². The second-order valence-electron chi connectivity index (χ2n) is 6.96. The smallest absolute Gasteiger partial charge is 0.216 e. The normalized spacial score (nSPS) is 15.0. The Morgan fingerprint density at radius 2 is 1.76 bits per heavy atom. The summed E-state index contributed by atoms with van der Waals surface area (Å²) < 4.78 is 12.2. The molecule has 8 heteroatoms. The molecule has 7 nitrogen and oxygen atoms in total. The number of hydrogen-bond acceptors (Lipinski definition) is 6. The van der Waals surface area contributed by atoms with Gasteiger partial charge in [-0.2, -0.15) is 0 Å². The Morgan fingerprint density at radius 1 is 1.16 bits per heavy atom. The zero-order valence-corrected chi connectivity index (χ0v) is 15.9. The van der Waals surface area contributed by atoms with Crippen LogP contribution < -0.4 is 16.0 Å². The second-order valence-corrected chi connectivity index (χ2v) is 6.96. The average Bonchev–Trinajstić information content (AvgIpc) is 2.56. The number of aliphatic hydroxyl groups excluding tert-OH is 1. The first-order valence-electron chi connectivity index (χ1n) is 8.86. The predicted molar refractivity (Wildman–Crippen MR) is 97.9 cm³/mol. The van der Waals surface area contributed by atoms with E-state index in [1.807, 2.05) is 13.8 Å². The molecular weight excluding hydrogens is 326 g/mol. The van der Waals surface area contributed by atoms with E-state index in [0.717, 1.165) is 25.8 Å². The zero-order valence-electron chi connectivity index (χ0n) is 15.9. The Kier molecular flexibility index (Phi) is 12.4. The third-order valence-electron chi connectivity index (χ3n) is 4.39. The fourth-order valence-electron chi connectivity index (χ4n) is 2.36. The van der Waals surface area contributed by atoms with Crippen molar-refractivity contribution in [2.45, 2.75) is 58.6 Å². The Morgan fingerprint density at radius 3 is 2.32 bits per heavy atom. The predicted octanol–water partition coefficient (Wildman–Crippen LogP) is 1.05. The van der Waals surface area contributed by atoms with E-state index in [0.29, 0.717) is 24.7 Å². The lowest BCUT2D eigenvalue weighted by Crippen LogP contribution is -2.46. The number of nitrogens with one attached hydrogen (secondary N) is 3. The highest BCUT2D eigenvalue weighted by atomic mass is 18.2. The first-order chi connectivity index (χ1) is 11.7. The van der Waals surface area contributed by atoms with Gasteiger partial charge in [-0.05, 0) is 59.0 Å². The van der Waals surface area contributed by atoms with Crippen molar-refractivity contribution in [1.29, 1.82) is 0 Å². The molecule has 148 valence electrons. The molecule has 25 heavy (non-hydrogen) atoms. The Balaban J connectivity index is 4.30. The summed E-state index contributed by atoms with van der Waals surface area (Å²) in [6.45, 7) is 8.71. The van der Waals surface area contributed by atoms with Crippen LogP contribution >= 0.6 is 0 Å². The summed E-state index contributed by atoms with van der Waals surface area (Å²) in [5.74, 6) is 0.327. The molecule has 0 aliphatic carbocycles. The maximum Gasteiger partial charge on any atom is 0.216 e. The highest BCUT2D eigenvalue weighted by Crippen LogP contribution is 2.13. The SMILES string of the molecule is CC(=O)NCCC(CCNCC(O)C[18F])CCNC(C)(C)/C(C)=N\O. The maximum atomic E-state index is 12.2. The second kappa shape index (κ2) is 13.0. The quantitative estimate of drug-likeness (QED) is 0.138. The Bertz CT molecular complexity index is 405. The van der Waals surface area contributed by atoms with Crippen molar-refractivity contribution in [1.82, 2.24) is 16.0 Å². The zero-order chi connectivity index (χ0) is 19.3. The van der Waals surface area contributed by atoms with Gasteiger partial charge in [-0.15, -0.1) is 0 Å². The molecule has 0 aromatic rings. The summed E-state index contributed by atoms with van der Waals surface area (Å²) in [4.78, 5) is 11.0. The third kappa shape index (κ3) is 11.9. The number of nitrogens with zero attached hydrogens (tertiary/aromatic N) is 1. The minimum Gasteiger partial charge on any atom is -0.411 e. The molecular formula is C17H35FN4O3. The number of rotatable bonds is 14. The number of hydrogen-bond donors (Lipinski definition) is 5. The van der Waals surface area contributed by atoms with E-state index in [1.54, 1.807) is 6.92 Å². The number of carbonyl (C=O) groups is 1. The summed E-state index contributed by atoms with van der Waals surface area (Å²) in [6, 6.07) is 0. The van der Waals surface area contributed by atoms with Crippen LogP contribution in [0.5, 0.6) is 0 Å². The number of amides is 1. The van der Waals surface area contributed by atoms with Gasteiger partial charge in [0.2, 0.25) is 5.91 Å². The van der Waals surface area contributed by atoms with Crippen molar-refractivity contribution < 1.29 is 19.5 Å². The molecule has 0 aromatic heterocycles. The van der Waals surface area contributed by atoms with E-state index >= 15 is 0 Å². The van der Waals surface area contributed by atoms with E-state index in [2.05, 4.69) is 21.1 Å². The van der Waals surface area contributed by atoms with Crippen LogP contribution in [0.15, 0.2) is 5.16 Å². The molecule has 0 rings (SSSR count). The minimum absolute atomic E-state index is 0.0445. The van der Waals surface area contributed by atoms with Gasteiger partial charge in [-0.1, -0.05) is 5.16 Å². The van der Waals surface area contributed by atoms with Crippen molar-refractivity contribution in [3.8, 4) is 0 Å². The molecule has 0 aliphatic rings. The summed E-state index contributed by atoms with van der Waals surface area (Å²) in [5.41, 5.74) is 0.227. The van der Waals surface area contributed by atoms with Crippen LogP contribution in [0.25, 0.3) is 0 Å². The number of alkyl halides is 1. The van der Waals surface area contributed by atoms with Crippen molar-refractivity contribution >= 4 is 11.6 Å². The molecule has 0 heterocycles. The summed E-state index contributed by atoms with van der Waals surface area (Å²) in [7, 11) is 0. The molecule has 1 amide bonds.